The van der Waals surface area contributed by atoms with Gasteiger partial charge < -0.3 is 5.32 Å². The molecule has 21 heavy (non-hydrogen) atoms. The molecule has 1 N–H and O–H groups in total. The first-order valence-electron chi connectivity index (χ1n) is 6.68. The van der Waals surface area contributed by atoms with E-state index >= 15 is 0 Å². The fourth-order valence-corrected chi connectivity index (χ4v) is 2.10. The Balaban J connectivity index is 2.33. The van der Waals surface area contributed by atoms with Crippen LogP contribution in [0.15, 0.2) is 53.6 Å². The quantitative estimate of drug-likeness (QED) is 0.477. The number of nitrogens with zero attached hydrogens (tertiary/aromatic N) is 3. The van der Waals surface area contributed by atoms with Gasteiger partial charge in [-0.2, -0.15) is 0 Å². The number of hydrogen-bond acceptors (Lipinski definition) is 2. The lowest BCUT2D eigenvalue weighted by molar-refractivity contribution is 0.102. The molecule has 106 valence electrons. The molecule has 2 rings (SSSR count). The van der Waals surface area contributed by atoms with Crippen LogP contribution in [0.2, 0.25) is 0 Å². The topological polar surface area (TPSA) is 77.9 Å². The molecule has 1 amide bonds. The van der Waals surface area contributed by atoms with Crippen molar-refractivity contribution in [2.45, 2.75) is 19.8 Å². The van der Waals surface area contributed by atoms with Gasteiger partial charge in [-0.25, -0.2) is 0 Å². The van der Waals surface area contributed by atoms with Crippen molar-refractivity contribution in [1.29, 1.82) is 0 Å². The summed E-state index contributed by atoms with van der Waals surface area (Å²) in [4.78, 5) is 15.1. The van der Waals surface area contributed by atoms with Gasteiger partial charge in [0.25, 0.3) is 5.91 Å². The van der Waals surface area contributed by atoms with Crippen LogP contribution in [0.5, 0.6) is 0 Å². The summed E-state index contributed by atoms with van der Waals surface area (Å²) >= 11 is 0. The molecule has 5 nitrogen and oxygen atoms in total. The number of carbonyl (C=O) groups excluding carboxylic acids is 1. The number of azide groups is 1. The van der Waals surface area contributed by atoms with Crippen LogP contribution in [0.3, 0.4) is 0 Å². The van der Waals surface area contributed by atoms with E-state index in [0.29, 0.717) is 17.2 Å². The van der Waals surface area contributed by atoms with Gasteiger partial charge in [0.2, 0.25) is 0 Å². The molecule has 0 radical (unpaired) electrons. The van der Waals surface area contributed by atoms with Gasteiger partial charge in [-0.15, -0.1) is 0 Å². The number of carbonyl (C=O) groups is 1. The van der Waals surface area contributed by atoms with Gasteiger partial charge >= 0.3 is 0 Å². The molecule has 0 unspecified atom stereocenters. The maximum Gasteiger partial charge on any atom is 0.256 e. The molecule has 0 bridgehead atoms. The van der Waals surface area contributed by atoms with E-state index in [4.69, 9.17) is 5.53 Å². The van der Waals surface area contributed by atoms with Crippen LogP contribution in [0.1, 0.15) is 35.7 Å². The minimum absolute atomic E-state index is 0.286. The van der Waals surface area contributed by atoms with E-state index in [1.807, 2.05) is 24.3 Å². The van der Waals surface area contributed by atoms with Crippen molar-refractivity contribution in [3.05, 3.63) is 70.1 Å². The number of hydrogen-bond donors (Lipinski definition) is 1. The number of amides is 1. The third kappa shape index (κ3) is 3.41. The fraction of sp³-hybridized carbons (Fsp3) is 0.188. The molecule has 0 aliphatic carbocycles. The summed E-state index contributed by atoms with van der Waals surface area (Å²) in [6.07, 6.45) is 0. The molecule has 2 aromatic rings. The van der Waals surface area contributed by atoms with Gasteiger partial charge in [0, 0.05) is 16.2 Å². The molecule has 0 aliphatic rings. The van der Waals surface area contributed by atoms with Crippen molar-refractivity contribution in [3.8, 4) is 0 Å². The lowest BCUT2D eigenvalue weighted by Crippen LogP contribution is -2.13. The fourth-order valence-electron chi connectivity index (χ4n) is 2.10. The van der Waals surface area contributed by atoms with Crippen LogP contribution in [-0.2, 0) is 0 Å². The number of anilines is 1. The summed E-state index contributed by atoms with van der Waals surface area (Å²) < 4.78 is 0. The molecule has 5 heteroatoms. The molecule has 0 aliphatic heterocycles. The predicted octanol–water partition coefficient (Wildman–Crippen LogP) is 5.00. The summed E-state index contributed by atoms with van der Waals surface area (Å²) in [6.45, 7) is 4.14. The van der Waals surface area contributed by atoms with E-state index in [-0.39, 0.29) is 5.91 Å². The van der Waals surface area contributed by atoms with Crippen molar-refractivity contribution in [2.75, 3.05) is 5.32 Å². The SMILES string of the molecule is CC(C)c1ccccc1NC(=O)c1ccccc1N=[N+]=[N-]. The van der Waals surface area contributed by atoms with Gasteiger partial charge in [0.15, 0.2) is 0 Å². The molecule has 0 saturated carbocycles. The first kappa shape index (κ1) is 14.6. The number of benzene rings is 2. The second-order valence-electron chi connectivity index (χ2n) is 4.90. The molecular formula is C16H16N4O. The van der Waals surface area contributed by atoms with Gasteiger partial charge in [-0.3, -0.25) is 4.79 Å². The van der Waals surface area contributed by atoms with Gasteiger partial charge in [0.1, 0.15) is 0 Å². The highest BCUT2D eigenvalue weighted by Gasteiger charge is 2.13. The lowest BCUT2D eigenvalue weighted by atomic mass is 10.0. The van der Waals surface area contributed by atoms with E-state index in [0.717, 1.165) is 11.3 Å². The van der Waals surface area contributed by atoms with E-state index in [9.17, 15) is 4.79 Å². The Morgan fingerprint density at radius 3 is 2.52 bits per heavy atom. The summed E-state index contributed by atoms with van der Waals surface area (Å²) in [5, 5.41) is 6.43. The summed E-state index contributed by atoms with van der Waals surface area (Å²) in [5.74, 6) is 0.0139. The first-order chi connectivity index (χ1) is 10.1. The average molecular weight is 280 g/mol. The maximum absolute atomic E-state index is 12.4. The normalized spacial score (nSPS) is 10.0. The van der Waals surface area contributed by atoms with Crippen molar-refractivity contribution in [2.24, 2.45) is 5.11 Å². The Hall–Kier alpha value is -2.78. The van der Waals surface area contributed by atoms with E-state index in [1.54, 1.807) is 24.3 Å². The Morgan fingerprint density at radius 1 is 1.14 bits per heavy atom. The van der Waals surface area contributed by atoms with Crippen molar-refractivity contribution in [1.82, 2.24) is 0 Å². The summed E-state index contributed by atoms with van der Waals surface area (Å²) in [6, 6.07) is 14.4. The zero-order valence-corrected chi connectivity index (χ0v) is 11.9. The molecule has 0 heterocycles. The molecule has 0 aromatic heterocycles. The van der Waals surface area contributed by atoms with Crippen LogP contribution >= 0.6 is 0 Å². The third-order valence-corrected chi connectivity index (χ3v) is 3.13. The van der Waals surface area contributed by atoms with Crippen LogP contribution in [0.25, 0.3) is 10.4 Å². The minimum Gasteiger partial charge on any atom is -0.322 e. The molecule has 0 saturated heterocycles. The number of para-hydroxylation sites is 1. The summed E-state index contributed by atoms with van der Waals surface area (Å²) in [7, 11) is 0. The largest absolute Gasteiger partial charge is 0.322 e. The van der Waals surface area contributed by atoms with Gasteiger partial charge in [0.05, 0.1) is 5.69 Å². The predicted molar refractivity (Wildman–Crippen MR) is 83.7 cm³/mol. The Morgan fingerprint density at radius 2 is 1.81 bits per heavy atom. The van der Waals surface area contributed by atoms with Gasteiger partial charge in [-0.05, 0) is 29.1 Å². The van der Waals surface area contributed by atoms with Crippen LogP contribution in [0, 0.1) is 0 Å². The number of rotatable bonds is 4. The van der Waals surface area contributed by atoms with Crippen LogP contribution in [-0.4, -0.2) is 5.91 Å². The van der Waals surface area contributed by atoms with Crippen LogP contribution in [0.4, 0.5) is 11.4 Å². The smallest absolute Gasteiger partial charge is 0.256 e. The maximum atomic E-state index is 12.4. The van der Waals surface area contributed by atoms with E-state index in [1.165, 1.54) is 0 Å². The van der Waals surface area contributed by atoms with E-state index < -0.39 is 0 Å². The number of nitrogens with one attached hydrogen (secondary N) is 1. The Kier molecular flexibility index (Phi) is 4.59. The highest BCUT2D eigenvalue weighted by Crippen LogP contribution is 2.26. The highest BCUT2D eigenvalue weighted by atomic mass is 16.1. The Labute approximate surface area is 123 Å². The first-order valence-corrected chi connectivity index (χ1v) is 6.68. The molecule has 0 fully saturated rings. The standard InChI is InChI=1S/C16H16N4O/c1-11(2)12-7-3-5-9-14(12)18-16(21)13-8-4-6-10-15(13)19-20-17/h3-11H,1-2H3,(H,18,21). The zero-order chi connectivity index (χ0) is 15.2. The van der Waals surface area contributed by atoms with Crippen LogP contribution < -0.4 is 5.32 Å². The second kappa shape index (κ2) is 6.59. The van der Waals surface area contributed by atoms with Crippen molar-refractivity contribution >= 4 is 17.3 Å². The van der Waals surface area contributed by atoms with Crippen molar-refractivity contribution < 1.29 is 4.79 Å². The van der Waals surface area contributed by atoms with Gasteiger partial charge in [-0.1, -0.05) is 55.4 Å². The molecule has 0 spiro atoms. The molecule has 2 aromatic carbocycles. The molecular weight excluding hydrogens is 264 g/mol. The second-order valence-corrected chi connectivity index (χ2v) is 4.90. The highest BCUT2D eigenvalue weighted by molar-refractivity contribution is 6.07. The average Bonchev–Trinajstić information content (AvgIpc) is 2.48. The Bertz CT molecular complexity index is 703. The summed E-state index contributed by atoms with van der Waals surface area (Å²) in [5.41, 5.74) is 11.1. The van der Waals surface area contributed by atoms with Crippen molar-refractivity contribution in [3.63, 3.8) is 0 Å². The molecule has 0 atom stereocenters. The third-order valence-electron chi connectivity index (χ3n) is 3.13. The lowest BCUT2D eigenvalue weighted by Gasteiger charge is -2.14. The monoisotopic (exact) mass is 280 g/mol. The minimum atomic E-state index is -0.286. The van der Waals surface area contributed by atoms with E-state index in [2.05, 4.69) is 29.2 Å². The zero-order valence-electron chi connectivity index (χ0n) is 11.9.